The van der Waals surface area contributed by atoms with Gasteiger partial charge in [0.15, 0.2) is 0 Å². The summed E-state index contributed by atoms with van der Waals surface area (Å²) in [6.07, 6.45) is -1.82. The van der Waals surface area contributed by atoms with Crippen LogP contribution in [0.25, 0.3) is 0 Å². The van der Waals surface area contributed by atoms with Crippen molar-refractivity contribution in [2.75, 3.05) is 0 Å². The lowest BCUT2D eigenvalue weighted by Crippen LogP contribution is -2.07. The second kappa shape index (κ2) is 5.56. The first-order valence-corrected chi connectivity index (χ1v) is 6.33. The number of rotatable bonds is 3. The first-order chi connectivity index (χ1) is 8.99. The molecule has 0 atom stereocenters. The molecule has 0 fully saturated rings. The second-order valence-electron chi connectivity index (χ2n) is 3.62. The van der Waals surface area contributed by atoms with E-state index in [1.165, 1.54) is 6.07 Å². The maximum atomic E-state index is 12.3. The molecule has 0 bridgehead atoms. The molecule has 0 spiro atoms. The number of hydrogen-bond donors (Lipinski definition) is 0. The molecule has 19 heavy (non-hydrogen) atoms. The summed E-state index contributed by atoms with van der Waals surface area (Å²) in [5, 5.41) is 0.669. The van der Waals surface area contributed by atoms with Gasteiger partial charge in [-0.15, -0.1) is 0 Å². The van der Waals surface area contributed by atoms with E-state index in [2.05, 4.69) is 25.9 Å². The van der Waals surface area contributed by atoms with Crippen LogP contribution in [0.5, 0.6) is 11.6 Å². The summed E-state index contributed by atoms with van der Waals surface area (Å²) < 4.78 is 42.2. The summed E-state index contributed by atoms with van der Waals surface area (Å²) in [5.41, 5.74) is 0.0142. The average molecular weight is 333 g/mol. The van der Waals surface area contributed by atoms with Crippen molar-refractivity contribution >= 4 is 15.9 Å². The SMILES string of the molecule is FC(F)(F)c1ccc(Oc2ccc(CBr)cn2)cn1. The molecule has 7 heteroatoms. The summed E-state index contributed by atoms with van der Waals surface area (Å²) in [6.45, 7) is 0. The number of aromatic nitrogens is 2. The minimum Gasteiger partial charge on any atom is -0.437 e. The minimum atomic E-state index is -4.45. The van der Waals surface area contributed by atoms with E-state index in [9.17, 15) is 13.2 Å². The zero-order chi connectivity index (χ0) is 13.9. The van der Waals surface area contributed by atoms with Crippen molar-refractivity contribution < 1.29 is 17.9 Å². The first-order valence-electron chi connectivity index (χ1n) is 5.21. The largest absolute Gasteiger partial charge is 0.437 e. The highest BCUT2D eigenvalue weighted by Crippen LogP contribution is 2.29. The number of ether oxygens (including phenoxy) is 1. The summed E-state index contributed by atoms with van der Waals surface area (Å²) >= 11 is 3.28. The van der Waals surface area contributed by atoms with Crippen molar-refractivity contribution in [3.63, 3.8) is 0 Å². The van der Waals surface area contributed by atoms with Crippen LogP contribution in [0.1, 0.15) is 11.3 Å². The predicted molar refractivity (Wildman–Crippen MR) is 66.2 cm³/mol. The lowest BCUT2D eigenvalue weighted by atomic mass is 10.3. The van der Waals surface area contributed by atoms with E-state index in [0.29, 0.717) is 11.2 Å². The number of nitrogens with zero attached hydrogens (tertiary/aromatic N) is 2. The van der Waals surface area contributed by atoms with Crippen LogP contribution >= 0.6 is 15.9 Å². The smallest absolute Gasteiger partial charge is 0.433 e. The van der Waals surface area contributed by atoms with Crippen LogP contribution in [0.3, 0.4) is 0 Å². The fraction of sp³-hybridized carbons (Fsp3) is 0.167. The lowest BCUT2D eigenvalue weighted by molar-refractivity contribution is -0.141. The van der Waals surface area contributed by atoms with Crippen molar-refractivity contribution in [1.82, 2.24) is 9.97 Å². The summed E-state index contributed by atoms with van der Waals surface area (Å²) in [5.74, 6) is 0.498. The van der Waals surface area contributed by atoms with Crippen LogP contribution in [0.4, 0.5) is 13.2 Å². The molecule has 0 aliphatic carbocycles. The van der Waals surface area contributed by atoms with Crippen LogP contribution in [-0.2, 0) is 11.5 Å². The van der Waals surface area contributed by atoms with Gasteiger partial charge in [0.1, 0.15) is 11.4 Å². The molecule has 0 amide bonds. The maximum Gasteiger partial charge on any atom is 0.433 e. The number of pyridine rings is 2. The van der Waals surface area contributed by atoms with Gasteiger partial charge in [-0.1, -0.05) is 22.0 Å². The van der Waals surface area contributed by atoms with Gasteiger partial charge in [-0.05, 0) is 17.7 Å². The Bertz CT molecular complexity index is 540. The molecule has 2 rings (SSSR count). The van der Waals surface area contributed by atoms with E-state index in [4.69, 9.17) is 4.74 Å². The molecule has 2 aromatic heterocycles. The van der Waals surface area contributed by atoms with E-state index < -0.39 is 11.9 Å². The van der Waals surface area contributed by atoms with Crippen LogP contribution in [-0.4, -0.2) is 9.97 Å². The van der Waals surface area contributed by atoms with E-state index in [1.807, 2.05) is 0 Å². The monoisotopic (exact) mass is 332 g/mol. The quantitative estimate of drug-likeness (QED) is 0.791. The molecule has 0 N–H and O–H groups in total. The van der Waals surface area contributed by atoms with Crippen LogP contribution in [0.15, 0.2) is 36.7 Å². The maximum absolute atomic E-state index is 12.3. The zero-order valence-electron chi connectivity index (χ0n) is 9.49. The molecule has 0 aromatic carbocycles. The minimum absolute atomic E-state index is 0.201. The molecule has 100 valence electrons. The molecule has 3 nitrogen and oxygen atoms in total. The van der Waals surface area contributed by atoms with Crippen molar-refractivity contribution in [2.24, 2.45) is 0 Å². The zero-order valence-corrected chi connectivity index (χ0v) is 11.1. The summed E-state index contributed by atoms with van der Waals surface area (Å²) in [6, 6.07) is 5.50. The third kappa shape index (κ3) is 3.66. The molecular weight excluding hydrogens is 325 g/mol. The molecule has 0 aliphatic heterocycles. The first kappa shape index (κ1) is 13.8. The highest BCUT2D eigenvalue weighted by Gasteiger charge is 2.32. The second-order valence-corrected chi connectivity index (χ2v) is 4.18. The summed E-state index contributed by atoms with van der Waals surface area (Å²) in [4.78, 5) is 7.31. The van der Waals surface area contributed by atoms with Crippen molar-refractivity contribution in [3.05, 3.63) is 47.9 Å². The Hall–Kier alpha value is -1.63. The Morgan fingerprint density at radius 1 is 1.05 bits per heavy atom. The Labute approximate surface area is 115 Å². The third-order valence-corrected chi connectivity index (χ3v) is 2.85. The average Bonchev–Trinajstić information content (AvgIpc) is 2.39. The molecule has 0 unspecified atom stereocenters. The van der Waals surface area contributed by atoms with E-state index >= 15 is 0 Å². The van der Waals surface area contributed by atoms with Crippen LogP contribution in [0, 0.1) is 0 Å². The van der Waals surface area contributed by atoms with Gasteiger partial charge in [0.2, 0.25) is 5.88 Å². The molecule has 0 radical (unpaired) electrons. The topological polar surface area (TPSA) is 35.0 Å². The van der Waals surface area contributed by atoms with E-state index in [-0.39, 0.29) is 5.75 Å². The molecule has 0 saturated carbocycles. The van der Waals surface area contributed by atoms with Gasteiger partial charge >= 0.3 is 6.18 Å². The van der Waals surface area contributed by atoms with Gasteiger partial charge < -0.3 is 4.74 Å². The van der Waals surface area contributed by atoms with Gasteiger partial charge in [0.25, 0.3) is 0 Å². The lowest BCUT2D eigenvalue weighted by Gasteiger charge is -2.07. The van der Waals surface area contributed by atoms with Crippen molar-refractivity contribution in [1.29, 1.82) is 0 Å². The van der Waals surface area contributed by atoms with Crippen molar-refractivity contribution in [3.8, 4) is 11.6 Å². The molecular formula is C12H8BrF3N2O. The standard InChI is InChI=1S/C12H8BrF3N2O/c13-5-8-1-4-11(18-6-8)19-9-2-3-10(17-7-9)12(14,15)16/h1-4,6-7H,5H2. The Morgan fingerprint density at radius 2 is 1.84 bits per heavy atom. The molecule has 2 heterocycles. The Morgan fingerprint density at radius 3 is 2.32 bits per heavy atom. The number of halogens is 4. The normalized spacial score (nSPS) is 11.4. The predicted octanol–water partition coefficient (Wildman–Crippen LogP) is 4.18. The van der Waals surface area contributed by atoms with Gasteiger partial charge in [-0.25, -0.2) is 9.97 Å². The number of hydrogen-bond acceptors (Lipinski definition) is 3. The molecule has 2 aromatic rings. The van der Waals surface area contributed by atoms with Gasteiger partial charge in [0.05, 0.1) is 6.20 Å². The Balaban J connectivity index is 2.10. The number of alkyl halides is 4. The summed E-state index contributed by atoms with van der Waals surface area (Å²) in [7, 11) is 0. The van der Waals surface area contributed by atoms with E-state index in [1.54, 1.807) is 18.3 Å². The van der Waals surface area contributed by atoms with E-state index in [0.717, 1.165) is 17.8 Å². The van der Waals surface area contributed by atoms with Gasteiger partial charge in [0, 0.05) is 17.6 Å². The fourth-order valence-electron chi connectivity index (χ4n) is 1.28. The highest BCUT2D eigenvalue weighted by atomic mass is 79.9. The fourth-order valence-corrected chi connectivity index (χ4v) is 1.61. The molecule has 0 saturated heterocycles. The van der Waals surface area contributed by atoms with Crippen molar-refractivity contribution in [2.45, 2.75) is 11.5 Å². The molecule has 0 aliphatic rings. The van der Waals surface area contributed by atoms with Crippen LogP contribution < -0.4 is 4.74 Å². The van der Waals surface area contributed by atoms with Gasteiger partial charge in [-0.2, -0.15) is 13.2 Å². The van der Waals surface area contributed by atoms with Crippen LogP contribution in [0.2, 0.25) is 0 Å². The van der Waals surface area contributed by atoms with Gasteiger partial charge in [-0.3, -0.25) is 0 Å². The highest BCUT2D eigenvalue weighted by molar-refractivity contribution is 9.08. The Kier molecular flexibility index (Phi) is 4.04. The third-order valence-electron chi connectivity index (χ3n) is 2.20.